The van der Waals surface area contributed by atoms with Crippen LogP contribution in [0.2, 0.25) is 10.0 Å². The van der Waals surface area contributed by atoms with Gasteiger partial charge in [0, 0.05) is 22.2 Å². The molecule has 12 heteroatoms. The highest BCUT2D eigenvalue weighted by Crippen LogP contribution is 2.53. The van der Waals surface area contributed by atoms with Gasteiger partial charge in [-0.05, 0) is 54.3 Å². The molecule has 0 radical (unpaired) electrons. The maximum Gasteiger partial charge on any atom is 0.421 e. The van der Waals surface area contributed by atoms with Gasteiger partial charge in [0.15, 0.2) is 5.78 Å². The quantitative estimate of drug-likeness (QED) is 0.566. The highest BCUT2D eigenvalue weighted by Gasteiger charge is 2.72. The van der Waals surface area contributed by atoms with Gasteiger partial charge in [0.25, 0.3) is 5.91 Å². The Balaban J connectivity index is 1.99. The Morgan fingerprint density at radius 2 is 1.60 bits per heavy atom. The van der Waals surface area contributed by atoms with Crippen molar-refractivity contribution in [2.45, 2.75) is 43.3 Å². The number of halogens is 5. The van der Waals surface area contributed by atoms with Crippen molar-refractivity contribution in [2.24, 2.45) is 5.41 Å². The number of ketones is 1. The van der Waals surface area contributed by atoms with Crippen molar-refractivity contribution in [3.8, 4) is 0 Å². The molecule has 0 aromatic heterocycles. The Bertz CT molecular complexity index is 1370. The number of nitrogens with one attached hydrogen (secondary N) is 1. The molecule has 4 rings (SSSR count). The first kappa shape index (κ1) is 25.7. The predicted octanol–water partition coefficient (Wildman–Crippen LogP) is 5.26. The molecule has 0 fully saturated rings. The Hall–Kier alpha value is -2.40. The summed E-state index contributed by atoms with van der Waals surface area (Å²) in [5.74, 6) is -2.62. The SMILES string of the molecule is CC1(C)CC(=O)C2=C(C1)N(c1cccc(Cl)c1)C(=O)[C@@]2(NS(=O)(=O)c1ccc(Cl)cc1)C(F)(F)F. The van der Waals surface area contributed by atoms with E-state index in [1.807, 2.05) is 0 Å². The number of anilines is 1. The number of hydrogen-bond donors (Lipinski definition) is 1. The number of carbonyl (C=O) groups excluding carboxylic acids is 2. The summed E-state index contributed by atoms with van der Waals surface area (Å²) in [6.45, 7) is 3.36. The normalized spacial score (nSPS) is 22.5. The lowest BCUT2D eigenvalue weighted by molar-refractivity contribution is -0.184. The Morgan fingerprint density at radius 1 is 0.971 bits per heavy atom. The van der Waals surface area contributed by atoms with Crippen molar-refractivity contribution in [3.05, 3.63) is 69.8 Å². The third kappa shape index (κ3) is 4.26. The number of Topliss-reactive ketones (excluding diaryl/α,β-unsaturated/α-hetero) is 1. The zero-order valence-electron chi connectivity index (χ0n) is 18.4. The van der Waals surface area contributed by atoms with E-state index in [0.717, 1.165) is 17.0 Å². The largest absolute Gasteiger partial charge is 0.421 e. The molecule has 1 N–H and O–H groups in total. The number of allylic oxidation sites excluding steroid dienone is 1. The fourth-order valence-corrected chi connectivity index (χ4v) is 6.11. The molecule has 2 aliphatic rings. The molecule has 1 aliphatic heterocycles. The van der Waals surface area contributed by atoms with Gasteiger partial charge in [-0.25, -0.2) is 8.42 Å². The summed E-state index contributed by atoms with van der Waals surface area (Å²) >= 11 is 11.8. The first-order valence-electron chi connectivity index (χ1n) is 10.3. The van der Waals surface area contributed by atoms with Gasteiger partial charge in [-0.2, -0.15) is 17.9 Å². The number of nitrogens with zero attached hydrogens (tertiary/aromatic N) is 1. The number of benzene rings is 2. The molecular formula is C23H19Cl2F3N2O4S. The number of carbonyl (C=O) groups is 2. The van der Waals surface area contributed by atoms with Crippen LogP contribution in [0.3, 0.4) is 0 Å². The summed E-state index contributed by atoms with van der Waals surface area (Å²) in [7, 11) is -4.94. The van der Waals surface area contributed by atoms with Crippen LogP contribution in [0.4, 0.5) is 18.9 Å². The van der Waals surface area contributed by atoms with Gasteiger partial charge in [-0.15, -0.1) is 0 Å². The molecule has 0 spiro atoms. The molecule has 1 aliphatic carbocycles. The van der Waals surface area contributed by atoms with E-state index in [2.05, 4.69) is 0 Å². The van der Waals surface area contributed by atoms with E-state index in [4.69, 9.17) is 23.2 Å². The molecule has 1 amide bonds. The van der Waals surface area contributed by atoms with Crippen LogP contribution in [0.25, 0.3) is 0 Å². The first-order valence-corrected chi connectivity index (χ1v) is 12.6. The lowest BCUT2D eigenvalue weighted by atomic mass is 9.72. The van der Waals surface area contributed by atoms with Crippen molar-refractivity contribution < 1.29 is 31.2 Å². The fraction of sp³-hybridized carbons (Fsp3) is 0.304. The van der Waals surface area contributed by atoms with Gasteiger partial charge in [0.05, 0.1) is 16.2 Å². The van der Waals surface area contributed by atoms with E-state index in [1.165, 1.54) is 36.4 Å². The van der Waals surface area contributed by atoms with E-state index in [1.54, 1.807) is 18.6 Å². The number of hydrogen-bond acceptors (Lipinski definition) is 4. The van der Waals surface area contributed by atoms with Gasteiger partial charge in [-0.3, -0.25) is 14.5 Å². The van der Waals surface area contributed by atoms with Crippen LogP contribution in [0.1, 0.15) is 26.7 Å². The Morgan fingerprint density at radius 3 is 2.17 bits per heavy atom. The fourth-order valence-electron chi connectivity index (χ4n) is 4.48. The summed E-state index contributed by atoms with van der Waals surface area (Å²) in [5.41, 5.74) is -5.75. The minimum atomic E-state index is -5.49. The zero-order valence-corrected chi connectivity index (χ0v) is 20.7. The minimum absolute atomic E-state index is 0.0164. The van der Waals surface area contributed by atoms with Crippen LogP contribution in [0.5, 0.6) is 0 Å². The maximum absolute atomic E-state index is 14.9. The van der Waals surface area contributed by atoms with Crippen molar-refractivity contribution in [1.29, 1.82) is 0 Å². The second kappa shape index (κ2) is 8.33. The summed E-state index contributed by atoms with van der Waals surface area (Å²) in [4.78, 5) is 27.1. The maximum atomic E-state index is 14.9. The molecule has 0 unspecified atom stereocenters. The van der Waals surface area contributed by atoms with Crippen molar-refractivity contribution in [2.75, 3.05) is 4.90 Å². The molecule has 1 atom stereocenters. The van der Waals surface area contributed by atoms with Crippen LogP contribution in [-0.2, 0) is 19.6 Å². The van der Waals surface area contributed by atoms with Crippen molar-refractivity contribution in [3.63, 3.8) is 0 Å². The average molecular weight is 547 g/mol. The van der Waals surface area contributed by atoms with E-state index in [9.17, 15) is 31.2 Å². The van der Waals surface area contributed by atoms with Crippen LogP contribution in [0.15, 0.2) is 64.7 Å². The van der Waals surface area contributed by atoms with Gasteiger partial charge < -0.3 is 0 Å². The van der Waals surface area contributed by atoms with Crippen molar-refractivity contribution in [1.82, 2.24) is 4.72 Å². The van der Waals surface area contributed by atoms with Crippen LogP contribution in [0, 0.1) is 5.41 Å². The van der Waals surface area contributed by atoms with Crippen molar-refractivity contribution >= 4 is 50.6 Å². The second-order valence-corrected chi connectivity index (χ2v) is 11.7. The molecule has 0 bridgehead atoms. The summed E-state index contributed by atoms with van der Waals surface area (Å²) in [6, 6.07) is 9.92. The van der Waals surface area contributed by atoms with Gasteiger partial charge in [0.1, 0.15) is 0 Å². The predicted molar refractivity (Wildman–Crippen MR) is 125 cm³/mol. The third-order valence-electron chi connectivity index (χ3n) is 5.92. The topological polar surface area (TPSA) is 83.6 Å². The lowest BCUT2D eigenvalue weighted by Gasteiger charge is -2.35. The highest BCUT2D eigenvalue weighted by molar-refractivity contribution is 7.89. The van der Waals surface area contributed by atoms with E-state index >= 15 is 0 Å². The molecular weight excluding hydrogens is 528 g/mol. The molecule has 35 heavy (non-hydrogen) atoms. The van der Waals surface area contributed by atoms with E-state index in [-0.39, 0.29) is 34.3 Å². The van der Waals surface area contributed by atoms with Gasteiger partial charge in [0.2, 0.25) is 15.6 Å². The van der Waals surface area contributed by atoms with Crippen LogP contribution in [-0.4, -0.2) is 31.8 Å². The molecule has 0 saturated carbocycles. The summed E-state index contributed by atoms with van der Waals surface area (Å²) < 4.78 is 72.4. The average Bonchev–Trinajstić information content (AvgIpc) is 2.95. The zero-order chi connectivity index (χ0) is 26.0. The molecule has 186 valence electrons. The standard InChI is InChI=1S/C23H19Cl2F3N2O4S/c1-21(2)11-17-19(18(31)12-21)22(23(26,27)28,20(32)30(17)15-5-3-4-14(25)10-15)29-35(33,34)16-8-6-13(24)7-9-16/h3-10,29H,11-12H2,1-2H3/t22-/m1/s1. The lowest BCUT2D eigenvalue weighted by Crippen LogP contribution is -2.66. The highest BCUT2D eigenvalue weighted by atomic mass is 35.5. The number of amides is 1. The first-order chi connectivity index (χ1) is 16.1. The van der Waals surface area contributed by atoms with Gasteiger partial charge >= 0.3 is 6.18 Å². The van der Waals surface area contributed by atoms with Gasteiger partial charge in [-0.1, -0.05) is 43.1 Å². The molecule has 0 saturated heterocycles. The molecule has 2 aromatic rings. The molecule has 6 nitrogen and oxygen atoms in total. The minimum Gasteiger partial charge on any atom is -0.294 e. The number of sulfonamides is 1. The van der Waals surface area contributed by atoms with Crippen LogP contribution < -0.4 is 9.62 Å². The van der Waals surface area contributed by atoms with E-state index < -0.39 is 49.3 Å². The Labute approximate surface area is 209 Å². The number of rotatable bonds is 4. The van der Waals surface area contributed by atoms with Crippen LogP contribution >= 0.6 is 23.2 Å². The second-order valence-electron chi connectivity index (χ2n) is 9.19. The summed E-state index contributed by atoms with van der Waals surface area (Å²) in [6.07, 6.45) is -5.87. The third-order valence-corrected chi connectivity index (χ3v) is 7.88. The summed E-state index contributed by atoms with van der Waals surface area (Å²) in [5, 5.41) is 0.304. The van der Waals surface area contributed by atoms with E-state index in [0.29, 0.717) is 0 Å². The number of alkyl halides is 3. The monoisotopic (exact) mass is 546 g/mol. The molecule has 1 heterocycles. The Kier molecular flexibility index (Phi) is 6.11. The molecule has 2 aromatic carbocycles. The smallest absolute Gasteiger partial charge is 0.294 e.